The van der Waals surface area contributed by atoms with E-state index >= 15 is 0 Å². The van der Waals surface area contributed by atoms with E-state index in [1.807, 2.05) is 0 Å². The average molecular weight is 198 g/mol. The van der Waals surface area contributed by atoms with Crippen LogP contribution in [-0.4, -0.2) is 35.5 Å². The van der Waals surface area contributed by atoms with E-state index in [9.17, 15) is 14.4 Å². The second-order valence-electron chi connectivity index (χ2n) is 2.98. The lowest BCUT2D eigenvalue weighted by Crippen LogP contribution is -2.61. The molecule has 1 aliphatic rings. The van der Waals surface area contributed by atoms with Gasteiger partial charge in [-0.3, -0.25) is 15.3 Å². The molecule has 0 radical (unpaired) electrons. The van der Waals surface area contributed by atoms with Crippen LogP contribution < -0.4 is 5.73 Å². The van der Waals surface area contributed by atoms with E-state index in [4.69, 9.17) is 5.73 Å². The number of nitrogens with two attached hydrogens (primary N) is 1. The number of methoxy groups -OCH3 is 1. The first-order chi connectivity index (χ1) is 6.41. The van der Waals surface area contributed by atoms with E-state index in [1.165, 1.54) is 6.92 Å². The van der Waals surface area contributed by atoms with Crippen LogP contribution in [0.2, 0.25) is 0 Å². The maximum Gasteiger partial charge on any atom is 0.347 e. The minimum atomic E-state index is -1.76. The topological polar surface area (TPSA) is 89.7 Å². The first kappa shape index (κ1) is 10.4. The molecular formula is C8H10N2O4. The molecule has 0 saturated carbocycles. The van der Waals surface area contributed by atoms with Gasteiger partial charge in [0.25, 0.3) is 11.8 Å². The van der Waals surface area contributed by atoms with Crippen molar-refractivity contribution in [1.29, 1.82) is 0 Å². The first-order valence-electron chi connectivity index (χ1n) is 3.84. The Labute approximate surface area is 80.3 Å². The Balaban J connectivity index is 2.99. The zero-order valence-electron chi connectivity index (χ0n) is 7.81. The summed E-state index contributed by atoms with van der Waals surface area (Å²) in [5.41, 5.74) is 3.77. The summed E-state index contributed by atoms with van der Waals surface area (Å²) in [5, 5.41) is 0. The summed E-state index contributed by atoms with van der Waals surface area (Å²) in [7, 11) is 1.13. The fraction of sp³-hybridized carbons (Fsp3) is 0.375. The number of hydrogen-bond donors (Lipinski definition) is 1. The maximum absolute atomic E-state index is 11.2. The second-order valence-corrected chi connectivity index (χ2v) is 2.98. The van der Waals surface area contributed by atoms with Crippen LogP contribution in [0.3, 0.4) is 0 Å². The number of hydrogen-bond acceptors (Lipinski definition) is 5. The van der Waals surface area contributed by atoms with E-state index in [1.54, 1.807) is 0 Å². The molecule has 2 amide bonds. The van der Waals surface area contributed by atoms with Gasteiger partial charge in [-0.1, -0.05) is 0 Å². The quantitative estimate of drug-likeness (QED) is 0.442. The van der Waals surface area contributed by atoms with Gasteiger partial charge >= 0.3 is 5.97 Å². The zero-order valence-corrected chi connectivity index (χ0v) is 7.81. The molecule has 0 fully saturated rings. The Hall–Kier alpha value is -1.69. The Morgan fingerprint density at radius 2 is 1.86 bits per heavy atom. The van der Waals surface area contributed by atoms with Gasteiger partial charge in [0.1, 0.15) is 0 Å². The predicted molar refractivity (Wildman–Crippen MR) is 45.6 cm³/mol. The standard InChI is InChI=1S/C8H10N2O4/c1-8(9,7(13)14-2)10-5(11)3-4-6(10)12/h3-4H,9H2,1-2H3/t8-/m1/s1. The van der Waals surface area contributed by atoms with Gasteiger partial charge in [0.05, 0.1) is 7.11 Å². The molecule has 1 rings (SSSR count). The summed E-state index contributed by atoms with van der Waals surface area (Å²) in [6.45, 7) is 1.24. The summed E-state index contributed by atoms with van der Waals surface area (Å²) >= 11 is 0. The summed E-state index contributed by atoms with van der Waals surface area (Å²) in [4.78, 5) is 34.2. The number of imide groups is 1. The third-order valence-electron chi connectivity index (χ3n) is 1.87. The van der Waals surface area contributed by atoms with Gasteiger partial charge in [0, 0.05) is 12.2 Å². The lowest BCUT2D eigenvalue weighted by Gasteiger charge is -2.30. The Morgan fingerprint density at radius 3 is 2.21 bits per heavy atom. The SMILES string of the molecule is COC(=O)[C@](C)(N)N1C(=O)C=CC1=O. The maximum atomic E-state index is 11.2. The summed E-state index contributed by atoms with van der Waals surface area (Å²) in [5.74, 6) is -2.08. The fourth-order valence-electron chi connectivity index (χ4n) is 1.16. The van der Waals surface area contributed by atoms with Gasteiger partial charge in [-0.2, -0.15) is 0 Å². The summed E-state index contributed by atoms with van der Waals surface area (Å²) < 4.78 is 4.39. The molecule has 0 bridgehead atoms. The minimum Gasteiger partial charge on any atom is -0.466 e. The van der Waals surface area contributed by atoms with Crippen LogP contribution in [0.1, 0.15) is 6.92 Å². The van der Waals surface area contributed by atoms with Gasteiger partial charge in [-0.05, 0) is 6.92 Å². The van der Waals surface area contributed by atoms with E-state index in [-0.39, 0.29) is 0 Å². The molecule has 1 aliphatic heterocycles. The normalized spacial score (nSPS) is 19.8. The van der Waals surface area contributed by atoms with Crippen LogP contribution in [0.25, 0.3) is 0 Å². The highest BCUT2D eigenvalue weighted by molar-refractivity contribution is 6.15. The highest BCUT2D eigenvalue weighted by Crippen LogP contribution is 2.16. The molecule has 14 heavy (non-hydrogen) atoms. The molecular weight excluding hydrogens is 188 g/mol. The molecule has 76 valence electrons. The Morgan fingerprint density at radius 1 is 1.43 bits per heavy atom. The van der Waals surface area contributed by atoms with Crippen LogP contribution in [0.5, 0.6) is 0 Å². The van der Waals surface area contributed by atoms with Crippen molar-refractivity contribution >= 4 is 17.8 Å². The Kier molecular flexibility index (Phi) is 2.39. The molecule has 6 nitrogen and oxygen atoms in total. The second kappa shape index (κ2) is 3.22. The third kappa shape index (κ3) is 1.39. The fourth-order valence-corrected chi connectivity index (χ4v) is 1.16. The smallest absolute Gasteiger partial charge is 0.347 e. The van der Waals surface area contributed by atoms with E-state index < -0.39 is 23.4 Å². The molecule has 0 aromatic carbocycles. The molecule has 0 aromatic heterocycles. The van der Waals surface area contributed by atoms with Gasteiger partial charge < -0.3 is 4.74 Å². The van der Waals surface area contributed by atoms with Gasteiger partial charge in [-0.25, -0.2) is 9.69 Å². The molecule has 0 spiro atoms. The van der Waals surface area contributed by atoms with Crippen molar-refractivity contribution in [3.63, 3.8) is 0 Å². The molecule has 0 aromatic rings. The van der Waals surface area contributed by atoms with Gasteiger partial charge in [-0.15, -0.1) is 0 Å². The van der Waals surface area contributed by atoms with Crippen molar-refractivity contribution in [2.45, 2.75) is 12.6 Å². The number of carbonyl (C=O) groups excluding carboxylic acids is 3. The zero-order chi connectivity index (χ0) is 10.9. The van der Waals surface area contributed by atoms with Gasteiger partial charge in [0.2, 0.25) is 0 Å². The number of esters is 1. The highest BCUT2D eigenvalue weighted by atomic mass is 16.5. The van der Waals surface area contributed by atoms with Crippen molar-refractivity contribution in [2.75, 3.05) is 7.11 Å². The summed E-state index contributed by atoms with van der Waals surface area (Å²) in [6, 6.07) is 0. The largest absolute Gasteiger partial charge is 0.466 e. The Bertz CT molecular complexity index is 314. The molecule has 0 aliphatic carbocycles. The molecule has 6 heteroatoms. The van der Waals surface area contributed by atoms with Crippen LogP contribution in [0.4, 0.5) is 0 Å². The summed E-state index contributed by atoms with van der Waals surface area (Å²) in [6.07, 6.45) is 2.10. The number of carbonyl (C=O) groups is 3. The average Bonchev–Trinajstić information content (AvgIpc) is 2.44. The lowest BCUT2D eigenvalue weighted by molar-refractivity contribution is -0.162. The van der Waals surface area contributed by atoms with E-state index in [0.29, 0.717) is 4.90 Å². The van der Waals surface area contributed by atoms with Crippen LogP contribution in [-0.2, 0) is 19.1 Å². The number of nitrogens with zero attached hydrogens (tertiary/aromatic N) is 1. The third-order valence-corrected chi connectivity index (χ3v) is 1.87. The van der Waals surface area contributed by atoms with Crippen LogP contribution >= 0.6 is 0 Å². The number of rotatable bonds is 2. The molecule has 0 unspecified atom stereocenters. The molecule has 0 saturated heterocycles. The molecule has 2 N–H and O–H groups in total. The number of amides is 2. The van der Waals surface area contributed by atoms with Crippen LogP contribution in [0.15, 0.2) is 12.2 Å². The highest BCUT2D eigenvalue weighted by Gasteiger charge is 2.44. The van der Waals surface area contributed by atoms with Crippen molar-refractivity contribution in [2.24, 2.45) is 5.73 Å². The van der Waals surface area contributed by atoms with Gasteiger partial charge in [0.15, 0.2) is 5.66 Å². The monoisotopic (exact) mass is 198 g/mol. The van der Waals surface area contributed by atoms with Crippen molar-refractivity contribution in [1.82, 2.24) is 4.90 Å². The van der Waals surface area contributed by atoms with E-state index in [2.05, 4.69) is 4.74 Å². The molecule has 1 atom stereocenters. The molecule has 1 heterocycles. The first-order valence-corrected chi connectivity index (χ1v) is 3.84. The van der Waals surface area contributed by atoms with E-state index in [0.717, 1.165) is 19.3 Å². The van der Waals surface area contributed by atoms with Crippen molar-refractivity contribution < 1.29 is 19.1 Å². The predicted octanol–water partition coefficient (Wildman–Crippen LogP) is -1.24. The lowest BCUT2D eigenvalue weighted by atomic mass is 10.2. The van der Waals surface area contributed by atoms with Crippen molar-refractivity contribution in [3.05, 3.63) is 12.2 Å². The van der Waals surface area contributed by atoms with Crippen molar-refractivity contribution in [3.8, 4) is 0 Å². The van der Waals surface area contributed by atoms with Crippen LogP contribution in [0, 0.1) is 0 Å². The minimum absolute atomic E-state index is 0.620. The number of ether oxygens (including phenoxy) is 1.